The largest absolute Gasteiger partial charge is 0.278 e. The van der Waals surface area contributed by atoms with Gasteiger partial charge in [0.2, 0.25) is 0 Å². The molecule has 1 N–H and O–H groups in total. The SMILES string of the molecule is CC(C)c1cncc(NS(=O)(=O)c2ccc(F)cc2)c1. The Labute approximate surface area is 117 Å². The second-order valence-electron chi connectivity index (χ2n) is 4.72. The Morgan fingerprint density at radius 3 is 2.40 bits per heavy atom. The van der Waals surface area contributed by atoms with Crippen molar-refractivity contribution < 1.29 is 12.8 Å². The highest BCUT2D eigenvalue weighted by Gasteiger charge is 2.14. The van der Waals surface area contributed by atoms with Crippen LogP contribution in [0.15, 0.2) is 47.6 Å². The molecule has 1 heterocycles. The third-order valence-corrected chi connectivity index (χ3v) is 4.20. The van der Waals surface area contributed by atoms with Gasteiger partial charge in [0.05, 0.1) is 16.8 Å². The van der Waals surface area contributed by atoms with Crippen molar-refractivity contribution in [2.75, 3.05) is 4.72 Å². The fourth-order valence-electron chi connectivity index (χ4n) is 1.66. The lowest BCUT2D eigenvalue weighted by molar-refractivity contribution is 0.599. The fourth-order valence-corrected chi connectivity index (χ4v) is 2.69. The van der Waals surface area contributed by atoms with E-state index in [-0.39, 0.29) is 10.8 Å². The molecule has 1 aromatic heterocycles. The lowest BCUT2D eigenvalue weighted by Crippen LogP contribution is -2.13. The molecule has 0 radical (unpaired) electrons. The van der Waals surface area contributed by atoms with Crippen LogP contribution in [-0.4, -0.2) is 13.4 Å². The lowest BCUT2D eigenvalue weighted by atomic mass is 10.1. The Balaban J connectivity index is 2.28. The van der Waals surface area contributed by atoms with Crippen LogP contribution in [0.1, 0.15) is 25.3 Å². The monoisotopic (exact) mass is 294 g/mol. The Hall–Kier alpha value is -1.95. The van der Waals surface area contributed by atoms with Gasteiger partial charge in [0.15, 0.2) is 0 Å². The number of sulfonamides is 1. The van der Waals surface area contributed by atoms with Gasteiger partial charge in [-0.3, -0.25) is 9.71 Å². The molecule has 0 saturated heterocycles. The van der Waals surface area contributed by atoms with Gasteiger partial charge in [0.25, 0.3) is 10.0 Å². The molecule has 2 aromatic rings. The van der Waals surface area contributed by atoms with E-state index in [4.69, 9.17) is 0 Å². The molecule has 0 saturated carbocycles. The molecule has 4 nitrogen and oxygen atoms in total. The van der Waals surface area contributed by atoms with Crippen molar-refractivity contribution in [1.82, 2.24) is 4.98 Å². The Kier molecular flexibility index (Phi) is 4.04. The van der Waals surface area contributed by atoms with Gasteiger partial charge in [0.1, 0.15) is 5.82 Å². The normalized spacial score (nSPS) is 11.6. The molecule has 20 heavy (non-hydrogen) atoms. The molecule has 1 aromatic carbocycles. The average molecular weight is 294 g/mol. The quantitative estimate of drug-likeness (QED) is 0.942. The van der Waals surface area contributed by atoms with Crippen LogP contribution in [0.2, 0.25) is 0 Å². The van der Waals surface area contributed by atoms with E-state index in [1.807, 2.05) is 13.8 Å². The van der Waals surface area contributed by atoms with Gasteiger partial charge < -0.3 is 0 Å². The van der Waals surface area contributed by atoms with Crippen LogP contribution in [0.4, 0.5) is 10.1 Å². The lowest BCUT2D eigenvalue weighted by Gasteiger charge is -2.10. The highest BCUT2D eigenvalue weighted by molar-refractivity contribution is 7.92. The minimum absolute atomic E-state index is 0.00819. The maximum atomic E-state index is 12.8. The van der Waals surface area contributed by atoms with Crippen molar-refractivity contribution in [2.45, 2.75) is 24.7 Å². The Bertz CT molecular complexity index is 697. The summed E-state index contributed by atoms with van der Waals surface area (Å²) in [5, 5.41) is 0. The van der Waals surface area contributed by atoms with E-state index in [2.05, 4.69) is 9.71 Å². The van der Waals surface area contributed by atoms with E-state index in [1.54, 1.807) is 12.3 Å². The molecule has 0 fully saturated rings. The maximum absolute atomic E-state index is 12.8. The molecule has 0 amide bonds. The minimum atomic E-state index is -3.73. The number of hydrogen-bond acceptors (Lipinski definition) is 3. The van der Waals surface area contributed by atoms with Gasteiger partial charge in [-0.2, -0.15) is 0 Å². The number of rotatable bonds is 4. The molecule has 106 valence electrons. The summed E-state index contributed by atoms with van der Waals surface area (Å²) in [4.78, 5) is 4.02. The van der Waals surface area contributed by atoms with E-state index in [0.717, 1.165) is 17.7 Å². The van der Waals surface area contributed by atoms with Gasteiger partial charge in [-0.05, 0) is 41.8 Å². The smallest absolute Gasteiger partial charge is 0.261 e. The second-order valence-corrected chi connectivity index (χ2v) is 6.40. The number of hydrogen-bond donors (Lipinski definition) is 1. The first-order chi connectivity index (χ1) is 9.38. The van der Waals surface area contributed by atoms with E-state index in [0.29, 0.717) is 5.69 Å². The van der Waals surface area contributed by atoms with Crippen LogP contribution in [-0.2, 0) is 10.0 Å². The average Bonchev–Trinajstić information content (AvgIpc) is 2.39. The van der Waals surface area contributed by atoms with Crippen molar-refractivity contribution in [3.63, 3.8) is 0 Å². The summed E-state index contributed by atoms with van der Waals surface area (Å²) in [7, 11) is -3.73. The maximum Gasteiger partial charge on any atom is 0.261 e. The Morgan fingerprint density at radius 1 is 1.15 bits per heavy atom. The molecule has 0 spiro atoms. The molecule has 0 atom stereocenters. The highest BCUT2D eigenvalue weighted by atomic mass is 32.2. The van der Waals surface area contributed by atoms with Gasteiger partial charge in [-0.25, -0.2) is 12.8 Å². The zero-order valence-corrected chi connectivity index (χ0v) is 12.0. The highest BCUT2D eigenvalue weighted by Crippen LogP contribution is 2.20. The zero-order valence-electron chi connectivity index (χ0n) is 11.2. The molecule has 0 unspecified atom stereocenters. The summed E-state index contributed by atoms with van der Waals surface area (Å²) in [6, 6.07) is 6.39. The summed E-state index contributed by atoms with van der Waals surface area (Å²) in [6.07, 6.45) is 3.13. The predicted octanol–water partition coefficient (Wildman–Crippen LogP) is 3.14. The predicted molar refractivity (Wildman–Crippen MR) is 75.5 cm³/mol. The van der Waals surface area contributed by atoms with Crippen LogP contribution < -0.4 is 4.72 Å². The summed E-state index contributed by atoms with van der Waals surface area (Å²) in [6.45, 7) is 3.99. The fraction of sp³-hybridized carbons (Fsp3) is 0.214. The van der Waals surface area contributed by atoms with Crippen molar-refractivity contribution >= 4 is 15.7 Å². The van der Waals surface area contributed by atoms with E-state index >= 15 is 0 Å². The van der Waals surface area contributed by atoms with Gasteiger partial charge in [-0.15, -0.1) is 0 Å². The van der Waals surface area contributed by atoms with E-state index in [9.17, 15) is 12.8 Å². The second kappa shape index (κ2) is 5.58. The molecule has 0 bridgehead atoms. The number of pyridine rings is 1. The van der Waals surface area contributed by atoms with Crippen LogP contribution in [0, 0.1) is 5.82 Å². The van der Waals surface area contributed by atoms with Gasteiger partial charge >= 0.3 is 0 Å². The molecule has 0 aliphatic heterocycles. The zero-order chi connectivity index (χ0) is 14.8. The Morgan fingerprint density at radius 2 is 1.80 bits per heavy atom. The van der Waals surface area contributed by atoms with Crippen molar-refractivity contribution in [3.05, 3.63) is 54.1 Å². The first-order valence-corrected chi connectivity index (χ1v) is 7.60. The molecular weight excluding hydrogens is 279 g/mol. The van der Waals surface area contributed by atoms with E-state index < -0.39 is 15.8 Å². The molecule has 0 aliphatic rings. The third kappa shape index (κ3) is 3.33. The molecule has 2 rings (SSSR count). The molecule has 0 aliphatic carbocycles. The van der Waals surface area contributed by atoms with Gasteiger partial charge in [0, 0.05) is 6.20 Å². The first-order valence-electron chi connectivity index (χ1n) is 6.12. The number of aromatic nitrogens is 1. The topological polar surface area (TPSA) is 59.1 Å². The third-order valence-electron chi connectivity index (χ3n) is 2.80. The summed E-state index contributed by atoms with van der Waals surface area (Å²) in [5.41, 5.74) is 1.32. The van der Waals surface area contributed by atoms with E-state index in [1.165, 1.54) is 18.3 Å². The van der Waals surface area contributed by atoms with Crippen molar-refractivity contribution in [3.8, 4) is 0 Å². The number of benzene rings is 1. The molecule has 6 heteroatoms. The van der Waals surface area contributed by atoms with Crippen LogP contribution >= 0.6 is 0 Å². The minimum Gasteiger partial charge on any atom is -0.278 e. The van der Waals surface area contributed by atoms with Crippen LogP contribution in [0.25, 0.3) is 0 Å². The number of anilines is 1. The molecular formula is C14H15FN2O2S. The summed E-state index contributed by atoms with van der Waals surface area (Å²) < 4.78 is 39.5. The van der Waals surface area contributed by atoms with Crippen LogP contribution in [0.5, 0.6) is 0 Å². The van der Waals surface area contributed by atoms with Crippen molar-refractivity contribution in [1.29, 1.82) is 0 Å². The number of nitrogens with zero attached hydrogens (tertiary/aromatic N) is 1. The van der Waals surface area contributed by atoms with Crippen LogP contribution in [0.3, 0.4) is 0 Å². The summed E-state index contributed by atoms with van der Waals surface area (Å²) in [5.74, 6) is -0.231. The number of nitrogens with one attached hydrogen (secondary N) is 1. The standard InChI is InChI=1S/C14H15FN2O2S/c1-10(2)11-7-13(9-16-8-11)17-20(18,19)14-5-3-12(15)4-6-14/h3-10,17H,1-2H3. The first kappa shape index (κ1) is 14.5. The summed E-state index contributed by atoms with van der Waals surface area (Å²) >= 11 is 0. The van der Waals surface area contributed by atoms with Gasteiger partial charge in [-0.1, -0.05) is 13.8 Å². The van der Waals surface area contributed by atoms with Crippen molar-refractivity contribution in [2.24, 2.45) is 0 Å². The number of halogens is 1.